The summed E-state index contributed by atoms with van der Waals surface area (Å²) in [6.45, 7) is 2.50. The van der Waals surface area contributed by atoms with Gasteiger partial charge in [-0.1, -0.05) is 24.3 Å². The Morgan fingerprint density at radius 1 is 0.889 bits per heavy atom. The molecule has 1 aromatic heterocycles. The van der Waals surface area contributed by atoms with Gasteiger partial charge in [0, 0.05) is 19.1 Å². The summed E-state index contributed by atoms with van der Waals surface area (Å²) in [6.07, 6.45) is 3.71. The highest BCUT2D eigenvalue weighted by atomic mass is 32.2. The van der Waals surface area contributed by atoms with Gasteiger partial charge in [0.1, 0.15) is 11.5 Å². The maximum Gasteiger partial charge on any atom is 0.261 e. The van der Waals surface area contributed by atoms with E-state index in [4.69, 9.17) is 9.47 Å². The summed E-state index contributed by atoms with van der Waals surface area (Å²) in [5.74, 6) is 1.44. The lowest BCUT2D eigenvalue weighted by atomic mass is 10.1. The van der Waals surface area contributed by atoms with Gasteiger partial charge in [-0.25, -0.2) is 13.4 Å². The van der Waals surface area contributed by atoms with Gasteiger partial charge in [0.05, 0.1) is 26.1 Å². The molecule has 0 radical (unpaired) electrons. The molecule has 192 valence electrons. The van der Waals surface area contributed by atoms with E-state index in [1.807, 2.05) is 48.5 Å². The molecule has 4 rings (SSSR count). The third kappa shape index (κ3) is 6.54. The summed E-state index contributed by atoms with van der Waals surface area (Å²) in [5, 5.41) is 3.52. The van der Waals surface area contributed by atoms with Crippen LogP contribution in [0.15, 0.2) is 71.9 Å². The van der Waals surface area contributed by atoms with Crippen LogP contribution in [-0.4, -0.2) is 63.0 Å². The van der Waals surface area contributed by atoms with Crippen LogP contribution in [0.2, 0.25) is 0 Å². The Labute approximate surface area is 213 Å². The van der Waals surface area contributed by atoms with Gasteiger partial charge in [0.15, 0.2) is 5.03 Å². The fourth-order valence-electron chi connectivity index (χ4n) is 4.23. The minimum atomic E-state index is -3.86. The number of rotatable bonds is 10. The lowest BCUT2D eigenvalue weighted by Crippen LogP contribution is -2.36. The van der Waals surface area contributed by atoms with Crippen molar-refractivity contribution in [3.05, 3.63) is 78.0 Å². The van der Waals surface area contributed by atoms with E-state index < -0.39 is 10.0 Å². The Morgan fingerprint density at radius 3 is 1.86 bits per heavy atom. The molecule has 0 unspecified atom stereocenters. The molecular weight excluding hydrogens is 476 g/mol. The number of methoxy groups -OCH3 is 2. The molecule has 1 fully saturated rings. The van der Waals surface area contributed by atoms with E-state index in [2.05, 4.69) is 22.2 Å². The van der Waals surface area contributed by atoms with Crippen molar-refractivity contribution >= 4 is 15.7 Å². The highest BCUT2D eigenvalue weighted by molar-refractivity contribution is 7.89. The molecule has 0 spiro atoms. The summed E-state index contributed by atoms with van der Waals surface area (Å²) < 4.78 is 39.3. The molecule has 8 nitrogen and oxygen atoms in total. The predicted molar refractivity (Wildman–Crippen MR) is 141 cm³/mol. The van der Waals surface area contributed by atoms with E-state index in [9.17, 15) is 8.42 Å². The number of likely N-dealkylation sites (tertiary alicyclic amines) is 1. The molecule has 0 aliphatic carbocycles. The SMILES string of the molecule is COc1ccc(CN(Cc2ccc(OC)cc2)S(=O)(=O)c2ccc(NC3CCN(C)CC3)cn2)cc1. The average Bonchev–Trinajstić information content (AvgIpc) is 2.91. The van der Waals surface area contributed by atoms with Crippen molar-refractivity contribution in [3.63, 3.8) is 0 Å². The van der Waals surface area contributed by atoms with Crippen molar-refractivity contribution in [2.45, 2.75) is 37.0 Å². The Bertz CT molecular complexity index is 1160. The monoisotopic (exact) mass is 510 g/mol. The van der Waals surface area contributed by atoms with Gasteiger partial charge in [0.2, 0.25) is 0 Å². The van der Waals surface area contributed by atoms with Gasteiger partial charge >= 0.3 is 0 Å². The van der Waals surface area contributed by atoms with Crippen LogP contribution in [-0.2, 0) is 23.1 Å². The van der Waals surface area contributed by atoms with Crippen molar-refractivity contribution in [1.29, 1.82) is 0 Å². The third-order valence-corrected chi connectivity index (χ3v) is 8.17. The molecule has 1 N–H and O–H groups in total. The maximum absolute atomic E-state index is 13.7. The molecule has 0 amide bonds. The van der Waals surface area contributed by atoms with Crippen molar-refractivity contribution in [2.24, 2.45) is 0 Å². The minimum absolute atomic E-state index is 0.0263. The lowest BCUT2D eigenvalue weighted by molar-refractivity contribution is 0.264. The number of aromatic nitrogens is 1. The Balaban J connectivity index is 1.54. The molecule has 0 bridgehead atoms. The summed E-state index contributed by atoms with van der Waals surface area (Å²) >= 11 is 0. The van der Waals surface area contributed by atoms with Crippen LogP contribution in [0.25, 0.3) is 0 Å². The zero-order chi connectivity index (χ0) is 25.5. The number of nitrogens with one attached hydrogen (secondary N) is 1. The second-order valence-corrected chi connectivity index (χ2v) is 11.0. The summed E-state index contributed by atoms with van der Waals surface area (Å²) in [4.78, 5) is 6.66. The number of hydrogen-bond acceptors (Lipinski definition) is 7. The molecule has 1 aliphatic rings. The molecular formula is C27H34N4O4S. The summed E-state index contributed by atoms with van der Waals surface area (Å²) in [7, 11) is 1.47. The number of anilines is 1. The van der Waals surface area contributed by atoms with Gasteiger partial charge in [-0.05, 0) is 80.5 Å². The van der Waals surface area contributed by atoms with E-state index in [1.165, 1.54) is 4.31 Å². The predicted octanol–water partition coefficient (Wildman–Crippen LogP) is 4.00. The van der Waals surface area contributed by atoms with E-state index in [0.29, 0.717) is 6.04 Å². The highest BCUT2D eigenvalue weighted by Gasteiger charge is 2.27. The zero-order valence-corrected chi connectivity index (χ0v) is 21.9. The van der Waals surface area contributed by atoms with Gasteiger partial charge in [-0.3, -0.25) is 0 Å². The molecule has 0 atom stereocenters. The van der Waals surface area contributed by atoms with Crippen LogP contribution in [0.1, 0.15) is 24.0 Å². The molecule has 1 saturated heterocycles. The zero-order valence-electron chi connectivity index (χ0n) is 21.1. The van der Waals surface area contributed by atoms with Crippen LogP contribution >= 0.6 is 0 Å². The van der Waals surface area contributed by atoms with E-state index in [0.717, 1.165) is 54.2 Å². The standard InChI is InChI=1S/C27H34N4O4S/c1-30-16-14-23(15-17-30)29-24-8-13-27(28-18-24)36(32,33)31(19-21-4-9-25(34-2)10-5-21)20-22-6-11-26(35-3)12-7-22/h4-13,18,23,29H,14-17,19-20H2,1-3H3. The Hall–Kier alpha value is -3.14. The molecule has 9 heteroatoms. The topological polar surface area (TPSA) is 84.0 Å². The number of hydrogen-bond donors (Lipinski definition) is 1. The van der Waals surface area contributed by atoms with Crippen molar-refractivity contribution in [2.75, 3.05) is 39.7 Å². The summed E-state index contributed by atoms with van der Waals surface area (Å²) in [6, 6.07) is 18.6. The van der Waals surface area contributed by atoms with Crippen LogP contribution < -0.4 is 14.8 Å². The maximum atomic E-state index is 13.7. The molecule has 36 heavy (non-hydrogen) atoms. The van der Waals surface area contributed by atoms with E-state index >= 15 is 0 Å². The van der Waals surface area contributed by atoms with Crippen molar-refractivity contribution < 1.29 is 17.9 Å². The first kappa shape index (κ1) is 25.9. The molecule has 3 aromatic rings. The number of benzene rings is 2. The van der Waals surface area contributed by atoms with Gasteiger partial charge in [0.25, 0.3) is 10.0 Å². The van der Waals surface area contributed by atoms with Gasteiger partial charge in [-0.2, -0.15) is 4.31 Å². The number of nitrogens with zero attached hydrogens (tertiary/aromatic N) is 3. The largest absolute Gasteiger partial charge is 0.497 e. The molecule has 0 saturated carbocycles. The molecule has 2 heterocycles. The highest BCUT2D eigenvalue weighted by Crippen LogP contribution is 2.24. The lowest BCUT2D eigenvalue weighted by Gasteiger charge is -2.30. The number of pyridine rings is 1. The Morgan fingerprint density at radius 2 is 1.42 bits per heavy atom. The quantitative estimate of drug-likeness (QED) is 0.441. The van der Waals surface area contributed by atoms with Crippen LogP contribution in [0.4, 0.5) is 5.69 Å². The minimum Gasteiger partial charge on any atom is -0.497 e. The first-order valence-corrected chi connectivity index (χ1v) is 13.5. The van der Waals surface area contributed by atoms with E-state index in [1.54, 1.807) is 32.5 Å². The van der Waals surface area contributed by atoms with Crippen molar-refractivity contribution in [3.8, 4) is 11.5 Å². The fourth-order valence-corrected chi connectivity index (χ4v) is 5.56. The first-order chi connectivity index (χ1) is 17.4. The van der Waals surface area contributed by atoms with E-state index in [-0.39, 0.29) is 18.1 Å². The Kier molecular flexibility index (Phi) is 8.45. The van der Waals surface area contributed by atoms with Crippen molar-refractivity contribution in [1.82, 2.24) is 14.2 Å². The van der Waals surface area contributed by atoms with Crippen LogP contribution in [0, 0.1) is 0 Å². The smallest absolute Gasteiger partial charge is 0.261 e. The third-order valence-electron chi connectivity index (χ3n) is 6.47. The van der Waals surface area contributed by atoms with Crippen LogP contribution in [0.3, 0.4) is 0 Å². The number of sulfonamides is 1. The second-order valence-electron chi connectivity index (χ2n) is 9.08. The first-order valence-electron chi connectivity index (χ1n) is 12.0. The number of piperidine rings is 1. The van der Waals surface area contributed by atoms with Gasteiger partial charge < -0.3 is 19.7 Å². The molecule has 2 aromatic carbocycles. The van der Waals surface area contributed by atoms with Crippen LogP contribution in [0.5, 0.6) is 11.5 Å². The summed E-state index contributed by atoms with van der Waals surface area (Å²) in [5.41, 5.74) is 2.54. The molecule has 1 aliphatic heterocycles. The average molecular weight is 511 g/mol. The fraction of sp³-hybridized carbons (Fsp3) is 0.370. The van der Waals surface area contributed by atoms with Gasteiger partial charge in [-0.15, -0.1) is 0 Å². The number of ether oxygens (including phenoxy) is 2. The second kappa shape index (κ2) is 11.7. The normalized spacial score (nSPS) is 15.1.